The second kappa shape index (κ2) is 6.35. The molecule has 0 aliphatic heterocycles. The quantitative estimate of drug-likeness (QED) is 0.744. The average Bonchev–Trinajstić information content (AvgIpc) is 3.19. The monoisotopic (exact) mass is 346 g/mol. The summed E-state index contributed by atoms with van der Waals surface area (Å²) < 4.78 is 27.6. The third-order valence-corrected chi connectivity index (χ3v) is 5.75. The first kappa shape index (κ1) is 15.0. The number of sulfonamides is 1. The lowest BCUT2D eigenvalue weighted by atomic mass is 10.2. The van der Waals surface area contributed by atoms with Gasteiger partial charge in [0.15, 0.2) is 0 Å². The molecule has 2 rings (SSSR count). The molecule has 0 atom stereocenters. The molecule has 19 heavy (non-hydrogen) atoms. The Labute approximate surface area is 122 Å². The summed E-state index contributed by atoms with van der Waals surface area (Å²) in [6, 6.07) is 5.16. The molecule has 4 nitrogen and oxygen atoms in total. The molecule has 1 aliphatic rings. The summed E-state index contributed by atoms with van der Waals surface area (Å²) in [5, 5.41) is 0. The first-order valence-electron chi connectivity index (χ1n) is 6.51. The Kier molecular flexibility index (Phi) is 5.00. The molecule has 0 amide bonds. The Bertz CT molecular complexity index is 542. The lowest BCUT2D eigenvalue weighted by Crippen LogP contribution is -2.25. The smallest absolute Gasteiger partial charge is 0.241 e. The van der Waals surface area contributed by atoms with Gasteiger partial charge in [0.1, 0.15) is 0 Å². The zero-order chi connectivity index (χ0) is 13.9. The largest absolute Gasteiger partial charge is 0.326 e. The zero-order valence-electron chi connectivity index (χ0n) is 10.7. The van der Waals surface area contributed by atoms with Crippen LogP contribution in [0.2, 0.25) is 0 Å². The van der Waals surface area contributed by atoms with E-state index in [0.717, 1.165) is 24.3 Å². The van der Waals surface area contributed by atoms with Gasteiger partial charge in [0.25, 0.3) is 0 Å². The maximum Gasteiger partial charge on any atom is 0.241 e. The van der Waals surface area contributed by atoms with Crippen molar-refractivity contribution >= 4 is 26.0 Å². The fourth-order valence-electron chi connectivity index (χ4n) is 1.96. The number of benzene rings is 1. The van der Waals surface area contributed by atoms with E-state index in [9.17, 15) is 8.42 Å². The van der Waals surface area contributed by atoms with E-state index in [0.29, 0.717) is 17.6 Å². The van der Waals surface area contributed by atoms with Gasteiger partial charge in [0.2, 0.25) is 10.0 Å². The van der Waals surface area contributed by atoms with Gasteiger partial charge < -0.3 is 5.73 Å². The highest BCUT2D eigenvalue weighted by Gasteiger charge is 2.21. The van der Waals surface area contributed by atoms with E-state index in [2.05, 4.69) is 20.7 Å². The highest BCUT2D eigenvalue weighted by atomic mass is 79.9. The van der Waals surface area contributed by atoms with Crippen molar-refractivity contribution in [3.63, 3.8) is 0 Å². The molecule has 1 aromatic rings. The van der Waals surface area contributed by atoms with Gasteiger partial charge in [0.05, 0.1) is 4.90 Å². The summed E-state index contributed by atoms with van der Waals surface area (Å²) in [6.07, 6.45) is 4.62. The van der Waals surface area contributed by atoms with Crippen molar-refractivity contribution < 1.29 is 8.42 Å². The molecule has 1 fully saturated rings. The molecule has 1 aliphatic carbocycles. The summed E-state index contributed by atoms with van der Waals surface area (Å²) in [5.74, 6) is 0.830. The summed E-state index contributed by atoms with van der Waals surface area (Å²) in [4.78, 5) is 0.266. The standard InChI is InChI=1S/C13H19BrN2O2S/c14-12-6-5-11(9-15)8-13(12)19(17,18)16-7-1-2-10-3-4-10/h5-6,8,10,16H,1-4,7,9,15H2. The summed E-state index contributed by atoms with van der Waals surface area (Å²) in [5.41, 5.74) is 6.35. The van der Waals surface area contributed by atoms with Crippen molar-refractivity contribution in [2.24, 2.45) is 11.7 Å². The SMILES string of the molecule is NCc1ccc(Br)c(S(=O)(=O)NCCCC2CC2)c1. The fraction of sp³-hybridized carbons (Fsp3) is 0.538. The Morgan fingerprint density at radius 3 is 2.74 bits per heavy atom. The Morgan fingerprint density at radius 1 is 1.37 bits per heavy atom. The Morgan fingerprint density at radius 2 is 2.11 bits per heavy atom. The average molecular weight is 347 g/mol. The molecular weight excluding hydrogens is 328 g/mol. The normalized spacial score (nSPS) is 15.7. The van der Waals surface area contributed by atoms with Crippen molar-refractivity contribution in [2.45, 2.75) is 37.1 Å². The van der Waals surface area contributed by atoms with Gasteiger partial charge in [-0.1, -0.05) is 18.9 Å². The molecule has 106 valence electrons. The maximum atomic E-state index is 12.2. The zero-order valence-corrected chi connectivity index (χ0v) is 13.1. The molecule has 1 aromatic carbocycles. The first-order chi connectivity index (χ1) is 9.03. The highest BCUT2D eigenvalue weighted by Crippen LogP contribution is 2.33. The molecule has 6 heteroatoms. The Hall–Kier alpha value is -0.430. The van der Waals surface area contributed by atoms with Gasteiger partial charge >= 0.3 is 0 Å². The Balaban J connectivity index is 2.00. The molecule has 0 heterocycles. The minimum Gasteiger partial charge on any atom is -0.326 e. The van der Waals surface area contributed by atoms with Crippen LogP contribution < -0.4 is 10.5 Å². The van der Waals surface area contributed by atoms with E-state index < -0.39 is 10.0 Å². The predicted octanol–water partition coefficient (Wildman–Crippen LogP) is 2.38. The third-order valence-electron chi connectivity index (χ3n) is 3.30. The second-order valence-corrected chi connectivity index (χ2v) is 7.54. The molecule has 0 bridgehead atoms. The summed E-state index contributed by atoms with van der Waals surface area (Å²) >= 11 is 3.28. The van der Waals surface area contributed by atoms with Crippen LogP contribution >= 0.6 is 15.9 Å². The minimum atomic E-state index is -3.45. The fourth-order valence-corrected chi connectivity index (χ4v) is 4.05. The number of nitrogens with one attached hydrogen (secondary N) is 1. The van der Waals surface area contributed by atoms with E-state index in [4.69, 9.17) is 5.73 Å². The molecule has 0 saturated heterocycles. The van der Waals surface area contributed by atoms with E-state index in [-0.39, 0.29) is 4.90 Å². The van der Waals surface area contributed by atoms with Crippen LogP contribution in [0.5, 0.6) is 0 Å². The molecule has 0 aromatic heterocycles. The van der Waals surface area contributed by atoms with Gasteiger partial charge in [-0.15, -0.1) is 0 Å². The van der Waals surface area contributed by atoms with Crippen molar-refractivity contribution in [3.8, 4) is 0 Å². The van der Waals surface area contributed by atoms with Crippen molar-refractivity contribution in [1.82, 2.24) is 4.72 Å². The molecule has 0 spiro atoms. The number of hydrogen-bond donors (Lipinski definition) is 2. The van der Waals surface area contributed by atoms with Gasteiger partial charge in [-0.2, -0.15) is 0 Å². The van der Waals surface area contributed by atoms with Crippen LogP contribution in [0, 0.1) is 5.92 Å². The van der Waals surface area contributed by atoms with Crippen LogP contribution in [-0.4, -0.2) is 15.0 Å². The van der Waals surface area contributed by atoms with Crippen molar-refractivity contribution in [1.29, 1.82) is 0 Å². The first-order valence-corrected chi connectivity index (χ1v) is 8.78. The van der Waals surface area contributed by atoms with E-state index in [1.807, 2.05) is 6.07 Å². The van der Waals surface area contributed by atoms with E-state index in [1.54, 1.807) is 12.1 Å². The van der Waals surface area contributed by atoms with Crippen LogP contribution in [0.3, 0.4) is 0 Å². The summed E-state index contributed by atoms with van der Waals surface area (Å²) in [6.45, 7) is 0.829. The third kappa shape index (κ3) is 4.27. The minimum absolute atomic E-state index is 0.266. The van der Waals surface area contributed by atoms with Gasteiger partial charge in [0, 0.05) is 17.6 Å². The van der Waals surface area contributed by atoms with Crippen molar-refractivity contribution in [2.75, 3.05) is 6.54 Å². The highest BCUT2D eigenvalue weighted by molar-refractivity contribution is 9.10. The second-order valence-electron chi connectivity index (χ2n) is 4.95. The molecule has 0 unspecified atom stereocenters. The van der Waals surface area contributed by atoms with Crippen molar-refractivity contribution in [3.05, 3.63) is 28.2 Å². The van der Waals surface area contributed by atoms with E-state index in [1.165, 1.54) is 12.8 Å². The van der Waals surface area contributed by atoms with Gasteiger partial charge in [-0.3, -0.25) is 0 Å². The number of nitrogens with two attached hydrogens (primary N) is 1. The molecule has 0 radical (unpaired) electrons. The lowest BCUT2D eigenvalue weighted by molar-refractivity contribution is 0.572. The van der Waals surface area contributed by atoms with Gasteiger partial charge in [-0.25, -0.2) is 13.1 Å². The van der Waals surface area contributed by atoms with E-state index >= 15 is 0 Å². The number of halogens is 1. The summed E-state index contributed by atoms with van der Waals surface area (Å²) in [7, 11) is -3.45. The molecule has 3 N–H and O–H groups in total. The number of rotatable bonds is 7. The van der Waals surface area contributed by atoms with Crippen LogP contribution in [0.1, 0.15) is 31.2 Å². The number of hydrogen-bond acceptors (Lipinski definition) is 3. The molecule has 1 saturated carbocycles. The van der Waals surface area contributed by atoms with Crippen LogP contribution in [0.4, 0.5) is 0 Å². The van der Waals surface area contributed by atoms with Crippen LogP contribution in [-0.2, 0) is 16.6 Å². The van der Waals surface area contributed by atoms with Crippen LogP contribution in [0.25, 0.3) is 0 Å². The maximum absolute atomic E-state index is 12.2. The van der Waals surface area contributed by atoms with Gasteiger partial charge in [-0.05, 0) is 52.4 Å². The predicted molar refractivity (Wildman–Crippen MR) is 79.2 cm³/mol. The topological polar surface area (TPSA) is 72.2 Å². The molecular formula is C13H19BrN2O2S. The van der Waals surface area contributed by atoms with Crippen LogP contribution in [0.15, 0.2) is 27.6 Å². The lowest BCUT2D eigenvalue weighted by Gasteiger charge is -2.09.